The van der Waals surface area contributed by atoms with Crippen LogP contribution >= 0.6 is 11.6 Å². The first-order chi connectivity index (χ1) is 12.7. The van der Waals surface area contributed by atoms with Crippen LogP contribution in [0, 0.1) is 0 Å². The number of sulfonamides is 1. The summed E-state index contributed by atoms with van der Waals surface area (Å²) < 4.78 is 28.7. The molecular weight excluding hydrogens is 392 g/mol. The predicted octanol–water partition coefficient (Wildman–Crippen LogP) is 2.08. The van der Waals surface area contributed by atoms with Gasteiger partial charge in [0.1, 0.15) is 10.7 Å². The van der Waals surface area contributed by atoms with Gasteiger partial charge >= 0.3 is 0 Å². The van der Waals surface area contributed by atoms with Crippen LogP contribution in [0.3, 0.4) is 0 Å². The zero-order valence-corrected chi connectivity index (χ0v) is 17.1. The van der Waals surface area contributed by atoms with Crippen molar-refractivity contribution in [1.29, 1.82) is 0 Å². The minimum absolute atomic E-state index is 0.00806. The molecule has 27 heavy (non-hydrogen) atoms. The number of carbonyl (C=O) groups excluding carboxylic acids is 1. The quantitative estimate of drug-likeness (QED) is 0.544. The molecule has 1 aromatic heterocycles. The summed E-state index contributed by atoms with van der Waals surface area (Å²) in [5.74, 6) is -0.143. The van der Waals surface area contributed by atoms with Crippen LogP contribution in [-0.2, 0) is 23.0 Å². The molecule has 10 heteroatoms. The van der Waals surface area contributed by atoms with Crippen molar-refractivity contribution in [3.05, 3.63) is 46.4 Å². The average molecular weight is 417 g/mol. The van der Waals surface area contributed by atoms with E-state index in [0.717, 1.165) is 6.07 Å². The monoisotopic (exact) mass is 416 g/mol. The first-order valence-corrected chi connectivity index (χ1v) is 10.1. The third-order valence-corrected chi connectivity index (χ3v) is 4.90. The van der Waals surface area contributed by atoms with Crippen molar-refractivity contribution in [2.45, 2.75) is 31.2 Å². The molecule has 0 saturated heterocycles. The number of furan rings is 1. The van der Waals surface area contributed by atoms with Crippen molar-refractivity contribution in [3.63, 3.8) is 0 Å². The van der Waals surface area contributed by atoms with E-state index >= 15 is 0 Å². The molecule has 0 aliphatic heterocycles. The Labute approximate surface area is 164 Å². The molecule has 1 amide bonds. The van der Waals surface area contributed by atoms with E-state index in [4.69, 9.17) is 26.9 Å². The Bertz CT molecular complexity index is 868. The molecule has 0 unspecified atom stereocenters. The maximum absolute atomic E-state index is 11.8. The molecule has 2 aromatic rings. The first kappa shape index (κ1) is 23.0. The molecule has 1 aromatic carbocycles. The van der Waals surface area contributed by atoms with Crippen molar-refractivity contribution in [1.82, 2.24) is 5.32 Å². The fraction of sp³-hybridized carbons (Fsp3) is 0.353. The van der Waals surface area contributed by atoms with Gasteiger partial charge < -0.3 is 20.8 Å². The molecule has 8 nitrogen and oxygen atoms in total. The smallest absolute Gasteiger partial charge is 0.250 e. The molecule has 0 atom stereocenters. The Morgan fingerprint density at radius 3 is 2.41 bits per heavy atom. The van der Waals surface area contributed by atoms with Crippen molar-refractivity contribution in [3.8, 4) is 0 Å². The van der Waals surface area contributed by atoms with Gasteiger partial charge in [-0.2, -0.15) is 0 Å². The van der Waals surface area contributed by atoms with E-state index in [1.54, 1.807) is 12.1 Å². The standard InChI is InChI=1S/C15H18ClN3O4S.C2H7N/c1-2-4-10-13(16)12(24(18,21)22)7-11(15(17)20)14(10)19-8-9-5-3-6-23-9;1-3-2/h3,5-7,19H,2,4,8H2,1H3,(H2,17,20)(H2,18,21,22);3H,1-2H3. The highest BCUT2D eigenvalue weighted by Crippen LogP contribution is 2.35. The Balaban J connectivity index is 0.00000114. The number of benzene rings is 1. The topological polar surface area (TPSA) is 140 Å². The molecule has 0 radical (unpaired) electrons. The van der Waals surface area contributed by atoms with Crippen LogP contribution in [0.1, 0.15) is 35.0 Å². The second-order valence-corrected chi connectivity index (χ2v) is 7.59. The molecule has 2 rings (SSSR count). The van der Waals surface area contributed by atoms with Gasteiger partial charge in [-0.3, -0.25) is 4.79 Å². The normalized spacial score (nSPS) is 10.9. The van der Waals surface area contributed by atoms with Gasteiger partial charge in [0.2, 0.25) is 10.0 Å². The van der Waals surface area contributed by atoms with Gasteiger partial charge in [-0.15, -0.1) is 0 Å². The van der Waals surface area contributed by atoms with E-state index in [2.05, 4.69) is 10.6 Å². The summed E-state index contributed by atoms with van der Waals surface area (Å²) in [5.41, 5.74) is 6.29. The number of nitrogens with two attached hydrogens (primary N) is 2. The van der Waals surface area contributed by atoms with Crippen LogP contribution in [0.4, 0.5) is 5.69 Å². The first-order valence-electron chi connectivity index (χ1n) is 8.20. The summed E-state index contributed by atoms with van der Waals surface area (Å²) in [6, 6.07) is 4.59. The molecule has 0 fully saturated rings. The second kappa shape index (κ2) is 10.3. The number of rotatable bonds is 7. The van der Waals surface area contributed by atoms with E-state index < -0.39 is 15.9 Å². The highest BCUT2D eigenvalue weighted by Gasteiger charge is 2.24. The van der Waals surface area contributed by atoms with Gasteiger partial charge in [-0.05, 0) is 44.3 Å². The molecule has 0 bridgehead atoms. The zero-order chi connectivity index (χ0) is 20.6. The number of carbonyl (C=O) groups is 1. The Morgan fingerprint density at radius 1 is 1.33 bits per heavy atom. The van der Waals surface area contributed by atoms with Crippen LogP contribution < -0.4 is 21.5 Å². The number of anilines is 1. The van der Waals surface area contributed by atoms with Crippen LogP contribution in [0.25, 0.3) is 0 Å². The number of halogens is 1. The number of hydrogen-bond acceptors (Lipinski definition) is 6. The van der Waals surface area contributed by atoms with Crippen molar-refractivity contribution >= 4 is 33.2 Å². The Hall–Kier alpha value is -2.07. The lowest BCUT2D eigenvalue weighted by Gasteiger charge is -2.18. The maximum Gasteiger partial charge on any atom is 0.250 e. The zero-order valence-electron chi connectivity index (χ0n) is 15.5. The van der Waals surface area contributed by atoms with E-state index in [9.17, 15) is 13.2 Å². The number of primary sulfonamides is 1. The lowest BCUT2D eigenvalue weighted by molar-refractivity contribution is 0.100. The minimum Gasteiger partial charge on any atom is -0.467 e. The number of nitrogens with one attached hydrogen (secondary N) is 2. The molecule has 150 valence electrons. The van der Waals surface area contributed by atoms with E-state index in [1.807, 2.05) is 21.0 Å². The van der Waals surface area contributed by atoms with E-state index in [-0.39, 0.29) is 22.0 Å². The van der Waals surface area contributed by atoms with Gasteiger partial charge in [0.05, 0.1) is 29.1 Å². The lowest BCUT2D eigenvalue weighted by Crippen LogP contribution is -2.20. The molecule has 0 saturated carbocycles. The summed E-state index contributed by atoms with van der Waals surface area (Å²) in [6.07, 6.45) is 2.65. The van der Waals surface area contributed by atoms with Gasteiger partial charge in [-0.25, -0.2) is 13.6 Å². The van der Waals surface area contributed by atoms with Gasteiger partial charge in [0.15, 0.2) is 0 Å². The van der Waals surface area contributed by atoms with Crippen LogP contribution in [0.15, 0.2) is 33.8 Å². The molecule has 0 aliphatic rings. The Morgan fingerprint density at radius 2 is 1.96 bits per heavy atom. The average Bonchev–Trinajstić information content (AvgIpc) is 3.08. The molecule has 0 aliphatic carbocycles. The summed E-state index contributed by atoms with van der Waals surface area (Å²) in [7, 11) is -0.341. The fourth-order valence-electron chi connectivity index (χ4n) is 2.36. The van der Waals surface area contributed by atoms with Crippen molar-refractivity contribution < 1.29 is 17.6 Å². The fourth-order valence-corrected chi connectivity index (χ4v) is 3.59. The summed E-state index contributed by atoms with van der Waals surface area (Å²) in [6.45, 7) is 2.19. The van der Waals surface area contributed by atoms with Crippen molar-refractivity contribution in [2.24, 2.45) is 10.9 Å². The highest BCUT2D eigenvalue weighted by molar-refractivity contribution is 7.89. The van der Waals surface area contributed by atoms with Gasteiger partial charge in [0.25, 0.3) is 5.91 Å². The third-order valence-electron chi connectivity index (χ3n) is 3.42. The molecule has 0 spiro atoms. The van der Waals surface area contributed by atoms with E-state index in [0.29, 0.717) is 29.9 Å². The summed E-state index contributed by atoms with van der Waals surface area (Å²) in [5, 5.41) is 11.0. The SMILES string of the molecule is CCCc1c(Cl)c(S(N)(=O)=O)cc(C(N)=O)c1NCc1ccco1.CNC. The highest BCUT2D eigenvalue weighted by atomic mass is 35.5. The number of hydrogen-bond donors (Lipinski definition) is 4. The van der Waals surface area contributed by atoms with Crippen molar-refractivity contribution in [2.75, 3.05) is 19.4 Å². The molecule has 6 N–H and O–H groups in total. The maximum atomic E-state index is 11.8. The summed E-state index contributed by atoms with van der Waals surface area (Å²) >= 11 is 6.24. The molecular formula is C17H25ClN4O4S. The Kier molecular flexibility index (Phi) is 8.77. The largest absolute Gasteiger partial charge is 0.467 e. The molecule has 1 heterocycles. The van der Waals surface area contributed by atoms with Gasteiger partial charge in [-0.1, -0.05) is 24.9 Å². The van der Waals surface area contributed by atoms with Crippen LogP contribution in [0.2, 0.25) is 5.02 Å². The predicted molar refractivity (Wildman–Crippen MR) is 106 cm³/mol. The van der Waals surface area contributed by atoms with E-state index in [1.165, 1.54) is 6.26 Å². The second-order valence-electron chi connectivity index (χ2n) is 5.68. The minimum atomic E-state index is -4.09. The third kappa shape index (κ3) is 6.24. The number of primary amides is 1. The summed E-state index contributed by atoms with van der Waals surface area (Å²) in [4.78, 5) is 11.5. The van der Waals surface area contributed by atoms with Crippen LogP contribution in [-0.4, -0.2) is 28.4 Å². The lowest BCUT2D eigenvalue weighted by atomic mass is 10.0. The van der Waals surface area contributed by atoms with Crippen LogP contribution in [0.5, 0.6) is 0 Å². The number of amides is 1. The van der Waals surface area contributed by atoms with Gasteiger partial charge in [0, 0.05) is 0 Å².